The van der Waals surface area contributed by atoms with E-state index in [2.05, 4.69) is 6.92 Å². The quantitative estimate of drug-likeness (QED) is 0.196. The fourth-order valence-electron chi connectivity index (χ4n) is 1.09. The fourth-order valence-corrected chi connectivity index (χ4v) is 2.93. The van der Waals surface area contributed by atoms with Gasteiger partial charge in [0.1, 0.15) is 0 Å². The van der Waals surface area contributed by atoms with Crippen LogP contribution >= 0.6 is 21.8 Å². The Morgan fingerprint density at radius 1 is 1.20 bits per heavy atom. The molecule has 0 heterocycles. The predicted molar refractivity (Wildman–Crippen MR) is 67.7 cm³/mol. The van der Waals surface area contributed by atoms with Crippen molar-refractivity contribution in [1.29, 1.82) is 0 Å². The summed E-state index contributed by atoms with van der Waals surface area (Å²) in [6.07, 6.45) is 6.20. The fraction of sp³-hybridized carbons (Fsp3) is 0.900. The lowest BCUT2D eigenvalue weighted by Gasteiger charge is -2.08. The monoisotopic (exact) mass is 253 g/mol. The summed E-state index contributed by atoms with van der Waals surface area (Å²) in [5, 5.41) is 0. The van der Waals surface area contributed by atoms with Crippen molar-refractivity contribution in [2.24, 2.45) is 0 Å². The molecular formula is C10H20FNOS2. The number of nitrogens with zero attached hydrogens (tertiary/aromatic N) is 1. The lowest BCUT2D eigenvalue weighted by molar-refractivity contribution is 0.210. The molecule has 0 spiro atoms. The van der Waals surface area contributed by atoms with Gasteiger partial charge < -0.3 is 0 Å². The predicted octanol–water partition coefficient (Wildman–Crippen LogP) is 4.66. The number of unbranched alkanes of at least 4 members (excludes halogenated alkanes) is 5. The van der Waals surface area contributed by atoms with Crippen LogP contribution in [0.1, 0.15) is 45.4 Å². The molecule has 0 radical (unpaired) electrons. The molecular weight excluding hydrogens is 233 g/mol. The second kappa shape index (κ2) is 10.6. The topological polar surface area (TPSA) is 20.3 Å². The number of carbonyl (C=O) groups is 1. The average molecular weight is 253 g/mol. The van der Waals surface area contributed by atoms with Crippen LogP contribution in [0.15, 0.2) is 0 Å². The zero-order chi connectivity index (χ0) is 11.5. The molecule has 0 aromatic carbocycles. The van der Waals surface area contributed by atoms with Crippen molar-refractivity contribution in [2.75, 3.05) is 12.8 Å². The Morgan fingerprint density at radius 2 is 1.80 bits per heavy atom. The van der Waals surface area contributed by atoms with Gasteiger partial charge in [0, 0.05) is 23.8 Å². The van der Waals surface area contributed by atoms with Gasteiger partial charge in [0.15, 0.2) is 0 Å². The van der Waals surface area contributed by atoms with Crippen molar-refractivity contribution >= 4 is 27.9 Å². The molecule has 0 aromatic heterocycles. The van der Waals surface area contributed by atoms with Crippen LogP contribution in [0.5, 0.6) is 0 Å². The third-order valence-electron chi connectivity index (χ3n) is 1.99. The van der Waals surface area contributed by atoms with Crippen molar-refractivity contribution in [1.82, 2.24) is 4.31 Å². The number of hydrogen-bond acceptors (Lipinski definition) is 3. The lowest BCUT2D eigenvalue weighted by atomic mass is 10.1. The zero-order valence-electron chi connectivity index (χ0n) is 9.50. The molecule has 1 amide bonds. The van der Waals surface area contributed by atoms with Crippen LogP contribution in [0.3, 0.4) is 0 Å². The molecule has 0 saturated carbocycles. The minimum atomic E-state index is -1.38. The van der Waals surface area contributed by atoms with Crippen molar-refractivity contribution in [3.8, 4) is 0 Å². The summed E-state index contributed by atoms with van der Waals surface area (Å²) in [6.45, 7) is 2.20. The number of rotatable bonds is 9. The lowest BCUT2D eigenvalue weighted by Crippen LogP contribution is -2.10. The molecule has 0 N–H and O–H groups in total. The summed E-state index contributed by atoms with van der Waals surface area (Å²) < 4.78 is 13.1. The Kier molecular flexibility index (Phi) is 10.7. The first-order chi connectivity index (χ1) is 7.18. The Hall–Kier alpha value is 0.1000. The highest BCUT2D eigenvalue weighted by atomic mass is 33.1. The van der Waals surface area contributed by atoms with Crippen molar-refractivity contribution in [3.63, 3.8) is 0 Å². The standard InChI is InChI=1S/C10H20FNOS2/c1-3-4-5-6-7-8-9-14-15-12(2)10(11)13/h3-9H2,1-2H3. The van der Waals surface area contributed by atoms with Gasteiger partial charge in [-0.3, -0.25) is 4.31 Å². The van der Waals surface area contributed by atoms with Gasteiger partial charge in [-0.25, -0.2) is 4.79 Å². The minimum absolute atomic E-state index is 0.981. The van der Waals surface area contributed by atoms with E-state index in [9.17, 15) is 9.18 Å². The second-order valence-corrected chi connectivity index (χ2v) is 5.91. The highest BCUT2D eigenvalue weighted by Crippen LogP contribution is 2.26. The van der Waals surface area contributed by atoms with E-state index in [-0.39, 0.29) is 0 Å². The van der Waals surface area contributed by atoms with Gasteiger partial charge in [0.05, 0.1) is 0 Å². The molecule has 0 unspecified atom stereocenters. The van der Waals surface area contributed by atoms with Crippen molar-refractivity contribution in [3.05, 3.63) is 0 Å². The van der Waals surface area contributed by atoms with E-state index in [1.807, 2.05) is 0 Å². The van der Waals surface area contributed by atoms with E-state index in [4.69, 9.17) is 0 Å². The molecule has 0 bridgehead atoms. The molecule has 5 heteroatoms. The molecule has 0 aliphatic carbocycles. The highest BCUT2D eigenvalue weighted by molar-refractivity contribution is 8.75. The van der Waals surface area contributed by atoms with Gasteiger partial charge in [-0.1, -0.05) is 49.8 Å². The summed E-state index contributed by atoms with van der Waals surface area (Å²) in [4.78, 5) is 10.2. The molecule has 0 aliphatic heterocycles. The van der Waals surface area contributed by atoms with Crippen LogP contribution in [-0.4, -0.2) is 23.3 Å². The SMILES string of the molecule is CCCCCCCCSSN(C)C(=O)F. The van der Waals surface area contributed by atoms with Crippen LogP contribution in [0, 0.1) is 0 Å². The van der Waals surface area contributed by atoms with E-state index in [1.54, 1.807) is 0 Å². The van der Waals surface area contributed by atoms with Crippen LogP contribution in [0.2, 0.25) is 0 Å². The summed E-state index contributed by atoms with van der Waals surface area (Å²) in [7, 11) is 4.16. The maximum atomic E-state index is 12.1. The van der Waals surface area contributed by atoms with Gasteiger partial charge in [-0.15, -0.1) is 4.39 Å². The summed E-state index contributed by atoms with van der Waals surface area (Å²) >= 11 is 0. The van der Waals surface area contributed by atoms with E-state index in [1.165, 1.54) is 60.9 Å². The Bertz CT molecular complexity index is 170. The Morgan fingerprint density at radius 3 is 2.40 bits per heavy atom. The molecule has 0 rings (SSSR count). The van der Waals surface area contributed by atoms with Crippen LogP contribution in [0.4, 0.5) is 9.18 Å². The smallest absolute Gasteiger partial charge is 0.252 e. The minimum Gasteiger partial charge on any atom is -0.252 e. The van der Waals surface area contributed by atoms with E-state index in [0.717, 1.165) is 16.5 Å². The van der Waals surface area contributed by atoms with E-state index in [0.29, 0.717) is 0 Å². The number of halogens is 1. The molecule has 0 atom stereocenters. The maximum absolute atomic E-state index is 12.1. The zero-order valence-corrected chi connectivity index (χ0v) is 11.1. The van der Waals surface area contributed by atoms with E-state index < -0.39 is 6.16 Å². The van der Waals surface area contributed by atoms with Crippen molar-refractivity contribution in [2.45, 2.75) is 45.4 Å². The molecule has 90 valence electrons. The summed E-state index contributed by atoms with van der Waals surface area (Å²) in [5.41, 5.74) is 0. The molecule has 0 aromatic rings. The molecule has 0 saturated heterocycles. The van der Waals surface area contributed by atoms with Gasteiger partial charge >= 0.3 is 6.16 Å². The molecule has 15 heavy (non-hydrogen) atoms. The Labute approximate surface area is 99.9 Å². The average Bonchev–Trinajstić information content (AvgIpc) is 2.21. The van der Waals surface area contributed by atoms with Crippen LogP contribution < -0.4 is 0 Å². The number of carbonyl (C=O) groups excluding carboxylic acids is 1. The first kappa shape index (κ1) is 15.1. The second-order valence-electron chi connectivity index (χ2n) is 3.41. The highest BCUT2D eigenvalue weighted by Gasteiger charge is 2.06. The third kappa shape index (κ3) is 10.4. The maximum Gasteiger partial charge on any atom is 0.410 e. The van der Waals surface area contributed by atoms with E-state index >= 15 is 0 Å². The first-order valence-electron chi connectivity index (χ1n) is 5.41. The van der Waals surface area contributed by atoms with Crippen molar-refractivity contribution < 1.29 is 9.18 Å². The molecule has 2 nitrogen and oxygen atoms in total. The third-order valence-corrected chi connectivity index (χ3v) is 4.41. The Balaban J connectivity index is 3.08. The summed E-state index contributed by atoms with van der Waals surface area (Å²) in [5.74, 6) is 0.981. The van der Waals surface area contributed by atoms with Gasteiger partial charge in [-0.05, 0) is 6.42 Å². The largest absolute Gasteiger partial charge is 0.410 e. The first-order valence-corrected chi connectivity index (χ1v) is 7.68. The van der Waals surface area contributed by atoms with Gasteiger partial charge in [0.25, 0.3) is 0 Å². The van der Waals surface area contributed by atoms with Gasteiger partial charge in [-0.2, -0.15) is 0 Å². The number of hydrogen-bond donors (Lipinski definition) is 0. The number of amides is 1. The van der Waals surface area contributed by atoms with Crippen LogP contribution in [-0.2, 0) is 0 Å². The van der Waals surface area contributed by atoms with Gasteiger partial charge in [0.2, 0.25) is 0 Å². The normalized spacial score (nSPS) is 10.3. The molecule has 0 fully saturated rings. The summed E-state index contributed by atoms with van der Waals surface area (Å²) in [6, 6.07) is 0. The van der Waals surface area contributed by atoms with Crippen LogP contribution in [0.25, 0.3) is 0 Å². The molecule has 0 aliphatic rings.